The fourth-order valence-electron chi connectivity index (χ4n) is 3.77. The molecule has 1 atom stereocenters. The molecule has 0 saturated carbocycles. The van der Waals surface area contributed by atoms with Crippen LogP contribution in [0.25, 0.3) is 0 Å². The number of benzene rings is 2. The highest BCUT2D eigenvalue weighted by molar-refractivity contribution is 5.68. The highest BCUT2D eigenvalue weighted by Gasteiger charge is 2.47. The van der Waals surface area contributed by atoms with Crippen molar-refractivity contribution >= 4 is 5.97 Å². The summed E-state index contributed by atoms with van der Waals surface area (Å²) < 4.78 is 5.34. The molecule has 1 unspecified atom stereocenters. The third-order valence-electron chi connectivity index (χ3n) is 5.36. The van der Waals surface area contributed by atoms with E-state index in [-0.39, 0.29) is 6.42 Å². The zero-order valence-corrected chi connectivity index (χ0v) is 17.8. The molecule has 2 rings (SSSR count). The van der Waals surface area contributed by atoms with Crippen molar-refractivity contribution in [2.75, 3.05) is 14.2 Å². The molecule has 2 aromatic rings. The van der Waals surface area contributed by atoms with Crippen molar-refractivity contribution in [2.45, 2.75) is 44.9 Å². The van der Waals surface area contributed by atoms with Crippen LogP contribution < -0.4 is 10.5 Å². The second-order valence-electron chi connectivity index (χ2n) is 7.54. The first-order chi connectivity index (χ1) is 13.8. The van der Waals surface area contributed by atoms with Gasteiger partial charge in [0.2, 0.25) is 0 Å². The van der Waals surface area contributed by atoms with Gasteiger partial charge in [-0.1, -0.05) is 56.3 Å². The molecule has 2 aromatic carbocycles. The number of carboxylic acid groups (broad SMARTS) is 1. The molecule has 0 aliphatic rings. The normalized spacial score (nSPS) is 12.7. The Morgan fingerprint density at radius 2 is 1.79 bits per heavy atom. The molecular formula is C24H32N2O3. The number of carbonyl (C=O) groups is 1. The largest absolute Gasteiger partial charge is 0.497 e. The van der Waals surface area contributed by atoms with Gasteiger partial charge >= 0.3 is 5.97 Å². The second-order valence-corrected chi connectivity index (χ2v) is 7.54. The molecule has 156 valence electrons. The van der Waals surface area contributed by atoms with Crippen molar-refractivity contribution in [3.05, 3.63) is 65.7 Å². The number of aryl methyl sites for hydroxylation is 1. The highest BCUT2D eigenvalue weighted by atomic mass is 16.5. The summed E-state index contributed by atoms with van der Waals surface area (Å²) in [6, 6.07) is 20.1. The smallest absolute Gasteiger partial charge is 0.303 e. The Morgan fingerprint density at radius 3 is 2.34 bits per heavy atom. The topological polar surface area (TPSA) is 96.3 Å². The maximum Gasteiger partial charge on any atom is 0.303 e. The number of carboxylic acids is 1. The lowest BCUT2D eigenvalue weighted by Gasteiger charge is -2.41. The Bertz CT molecular complexity index is 812. The Balaban J connectivity index is 0.00000204. The van der Waals surface area contributed by atoms with Crippen molar-refractivity contribution in [1.29, 1.82) is 5.26 Å². The van der Waals surface area contributed by atoms with Gasteiger partial charge in [-0.2, -0.15) is 5.26 Å². The first kappa shape index (κ1) is 24.2. The monoisotopic (exact) mass is 396 g/mol. The van der Waals surface area contributed by atoms with E-state index in [0.29, 0.717) is 12.2 Å². The zero-order valence-electron chi connectivity index (χ0n) is 17.8. The fourth-order valence-corrected chi connectivity index (χ4v) is 3.77. The van der Waals surface area contributed by atoms with E-state index in [0.717, 1.165) is 18.4 Å². The first-order valence-corrected chi connectivity index (χ1v) is 9.74. The third-order valence-corrected chi connectivity index (χ3v) is 5.36. The molecule has 3 N–H and O–H groups in total. The summed E-state index contributed by atoms with van der Waals surface area (Å²) >= 11 is 0. The van der Waals surface area contributed by atoms with Gasteiger partial charge < -0.3 is 15.6 Å². The van der Waals surface area contributed by atoms with Gasteiger partial charge in [-0.05, 0) is 55.0 Å². The lowest BCUT2D eigenvalue weighted by Crippen LogP contribution is -2.42. The molecular weight excluding hydrogens is 364 g/mol. The molecule has 0 saturated heterocycles. The van der Waals surface area contributed by atoms with Crippen LogP contribution in [0.1, 0.15) is 44.2 Å². The summed E-state index contributed by atoms with van der Waals surface area (Å²) in [4.78, 5) is 11.5. The highest BCUT2D eigenvalue weighted by Crippen LogP contribution is 2.48. The molecule has 0 bridgehead atoms. The van der Waals surface area contributed by atoms with Gasteiger partial charge in [-0.25, -0.2) is 0 Å². The summed E-state index contributed by atoms with van der Waals surface area (Å²) in [5, 5.41) is 19.7. The van der Waals surface area contributed by atoms with Crippen LogP contribution in [0.3, 0.4) is 0 Å². The Kier molecular flexibility index (Phi) is 9.37. The number of methoxy groups -OCH3 is 1. The number of hydrogen-bond acceptors (Lipinski definition) is 4. The van der Waals surface area contributed by atoms with Crippen LogP contribution in [0.5, 0.6) is 5.75 Å². The van der Waals surface area contributed by atoms with Crippen LogP contribution in [0.15, 0.2) is 54.6 Å². The molecule has 29 heavy (non-hydrogen) atoms. The first-order valence-electron chi connectivity index (χ1n) is 9.74. The van der Waals surface area contributed by atoms with E-state index in [4.69, 9.17) is 4.74 Å². The predicted octanol–water partition coefficient (Wildman–Crippen LogP) is 4.56. The predicted molar refractivity (Wildman–Crippen MR) is 116 cm³/mol. The standard InChI is InChI=1S/C23H27NO3.CH5N/c1-22(2,16-21(25)26)23(17-24,19-12-7-13-20(15-19)27-3)14-8-11-18-9-5-4-6-10-18;1-2/h4-7,9-10,12-13,15H,8,11,14,16H2,1-3H3,(H,25,26);2H2,1H3. The summed E-state index contributed by atoms with van der Waals surface area (Å²) in [7, 11) is 3.09. The molecule has 0 aliphatic heterocycles. The Labute approximate surface area is 174 Å². The van der Waals surface area contributed by atoms with Crippen molar-refractivity contribution in [2.24, 2.45) is 11.1 Å². The van der Waals surface area contributed by atoms with Crippen molar-refractivity contribution in [3.63, 3.8) is 0 Å². The van der Waals surface area contributed by atoms with Crippen LogP contribution in [0.4, 0.5) is 0 Å². The number of nitriles is 1. The summed E-state index contributed by atoms with van der Waals surface area (Å²) in [5.41, 5.74) is 4.86. The van der Waals surface area contributed by atoms with Crippen LogP contribution in [-0.2, 0) is 16.6 Å². The number of nitrogens with zero attached hydrogens (tertiary/aromatic N) is 1. The van der Waals surface area contributed by atoms with Crippen LogP contribution in [0.2, 0.25) is 0 Å². The van der Waals surface area contributed by atoms with E-state index in [9.17, 15) is 15.2 Å². The van der Waals surface area contributed by atoms with Crippen LogP contribution in [-0.4, -0.2) is 25.2 Å². The van der Waals surface area contributed by atoms with E-state index in [1.54, 1.807) is 7.11 Å². The summed E-state index contributed by atoms with van der Waals surface area (Å²) in [5.74, 6) is -0.230. The third kappa shape index (κ3) is 6.07. The molecule has 0 fully saturated rings. The Hall–Kier alpha value is -2.84. The van der Waals surface area contributed by atoms with Gasteiger partial charge in [-0.15, -0.1) is 0 Å². The van der Waals surface area contributed by atoms with E-state index < -0.39 is 16.8 Å². The number of rotatable bonds is 9. The van der Waals surface area contributed by atoms with E-state index in [1.807, 2.05) is 56.3 Å². The molecule has 0 aromatic heterocycles. The average molecular weight is 397 g/mol. The quantitative estimate of drug-likeness (QED) is 0.648. The van der Waals surface area contributed by atoms with Gasteiger partial charge in [-0.3, -0.25) is 4.79 Å². The molecule has 0 spiro atoms. The maximum absolute atomic E-state index is 11.5. The van der Waals surface area contributed by atoms with E-state index in [2.05, 4.69) is 23.9 Å². The van der Waals surface area contributed by atoms with Crippen molar-refractivity contribution in [1.82, 2.24) is 0 Å². The number of ether oxygens (including phenoxy) is 1. The summed E-state index contributed by atoms with van der Waals surface area (Å²) in [6.07, 6.45) is 2.13. The minimum absolute atomic E-state index is 0.0803. The number of nitrogens with two attached hydrogens (primary N) is 1. The minimum Gasteiger partial charge on any atom is -0.497 e. The molecule has 0 amide bonds. The molecule has 5 heteroatoms. The average Bonchev–Trinajstić information content (AvgIpc) is 2.72. The molecule has 0 heterocycles. The van der Waals surface area contributed by atoms with Gasteiger partial charge in [0.1, 0.15) is 5.75 Å². The maximum atomic E-state index is 11.5. The lowest BCUT2D eigenvalue weighted by molar-refractivity contribution is -0.140. The SMILES string of the molecule is CN.COc1cccc(C(C#N)(CCCc2ccccc2)C(C)(C)CC(=O)O)c1. The van der Waals surface area contributed by atoms with Gasteiger partial charge in [0.05, 0.1) is 25.0 Å². The lowest BCUT2D eigenvalue weighted by atomic mass is 9.59. The number of hydrogen-bond donors (Lipinski definition) is 2. The van der Waals surface area contributed by atoms with Gasteiger partial charge in [0.15, 0.2) is 0 Å². The van der Waals surface area contributed by atoms with Crippen LogP contribution in [0, 0.1) is 16.7 Å². The van der Waals surface area contributed by atoms with E-state index >= 15 is 0 Å². The summed E-state index contributed by atoms with van der Waals surface area (Å²) in [6.45, 7) is 3.73. The van der Waals surface area contributed by atoms with E-state index in [1.165, 1.54) is 12.6 Å². The molecule has 5 nitrogen and oxygen atoms in total. The van der Waals surface area contributed by atoms with Gasteiger partial charge in [0.25, 0.3) is 0 Å². The fraction of sp³-hybridized carbons (Fsp3) is 0.417. The zero-order chi connectivity index (χ0) is 21.9. The van der Waals surface area contributed by atoms with Gasteiger partial charge in [0, 0.05) is 0 Å². The van der Waals surface area contributed by atoms with Crippen molar-refractivity contribution < 1.29 is 14.6 Å². The second kappa shape index (κ2) is 11.2. The van der Waals surface area contributed by atoms with Crippen LogP contribution >= 0.6 is 0 Å². The minimum atomic E-state index is -0.922. The van der Waals surface area contributed by atoms with Crippen molar-refractivity contribution in [3.8, 4) is 11.8 Å². The number of aliphatic carboxylic acids is 1. The molecule has 0 aliphatic carbocycles. The molecule has 0 radical (unpaired) electrons. The Morgan fingerprint density at radius 1 is 1.14 bits per heavy atom.